The van der Waals surface area contributed by atoms with Gasteiger partial charge in [-0.2, -0.15) is 0 Å². The predicted molar refractivity (Wildman–Crippen MR) is 88.9 cm³/mol. The summed E-state index contributed by atoms with van der Waals surface area (Å²) in [5.41, 5.74) is 0.444. The van der Waals surface area contributed by atoms with Gasteiger partial charge in [0, 0.05) is 52.4 Å². The highest BCUT2D eigenvalue weighted by Gasteiger charge is 2.34. The summed E-state index contributed by atoms with van der Waals surface area (Å²) >= 11 is 0. The second-order valence-corrected chi connectivity index (χ2v) is 7.76. The van der Waals surface area contributed by atoms with Crippen molar-refractivity contribution in [2.24, 2.45) is 5.41 Å². The van der Waals surface area contributed by atoms with Crippen molar-refractivity contribution in [1.82, 2.24) is 20.0 Å². The number of piperazine rings is 1. The first-order chi connectivity index (χ1) is 10.6. The Labute approximate surface area is 135 Å². The standard InChI is InChI=1S/C17H32N4O/c1-15(16(22)21-7-3-4-8-21)20-11-9-19(10-12-20)14-17(2)5-6-18-13-17/h15,18H,3-14H2,1-2H3. The van der Waals surface area contributed by atoms with Gasteiger partial charge in [0.05, 0.1) is 6.04 Å². The number of amides is 1. The highest BCUT2D eigenvalue weighted by Crippen LogP contribution is 2.26. The van der Waals surface area contributed by atoms with Gasteiger partial charge < -0.3 is 15.1 Å². The molecule has 3 fully saturated rings. The van der Waals surface area contributed by atoms with Crippen LogP contribution in [0, 0.1) is 5.41 Å². The minimum atomic E-state index is 0.0592. The molecule has 5 nitrogen and oxygen atoms in total. The van der Waals surface area contributed by atoms with Crippen LogP contribution >= 0.6 is 0 Å². The SMILES string of the molecule is CC(C(=O)N1CCCC1)N1CCN(CC2(C)CCNC2)CC1. The zero-order valence-electron chi connectivity index (χ0n) is 14.3. The maximum atomic E-state index is 12.5. The zero-order chi connectivity index (χ0) is 15.6. The van der Waals surface area contributed by atoms with Gasteiger partial charge in [-0.05, 0) is 38.1 Å². The monoisotopic (exact) mass is 308 g/mol. The van der Waals surface area contributed by atoms with E-state index in [0.29, 0.717) is 11.3 Å². The molecule has 5 heteroatoms. The Bertz CT molecular complexity index is 380. The first kappa shape index (κ1) is 16.2. The first-order valence-electron chi connectivity index (χ1n) is 9.03. The summed E-state index contributed by atoms with van der Waals surface area (Å²) in [5.74, 6) is 0.345. The van der Waals surface area contributed by atoms with Crippen molar-refractivity contribution < 1.29 is 4.79 Å². The van der Waals surface area contributed by atoms with Crippen molar-refractivity contribution in [3.05, 3.63) is 0 Å². The van der Waals surface area contributed by atoms with Crippen LogP contribution in [0.5, 0.6) is 0 Å². The number of nitrogens with one attached hydrogen (secondary N) is 1. The lowest BCUT2D eigenvalue weighted by Crippen LogP contribution is -2.55. The van der Waals surface area contributed by atoms with Crippen molar-refractivity contribution in [3.8, 4) is 0 Å². The molecule has 22 heavy (non-hydrogen) atoms. The summed E-state index contributed by atoms with van der Waals surface area (Å²) in [4.78, 5) is 19.6. The van der Waals surface area contributed by atoms with Gasteiger partial charge in [-0.3, -0.25) is 9.69 Å². The zero-order valence-corrected chi connectivity index (χ0v) is 14.3. The largest absolute Gasteiger partial charge is 0.341 e. The molecule has 3 heterocycles. The predicted octanol–water partition coefficient (Wildman–Crippen LogP) is 0.615. The van der Waals surface area contributed by atoms with Crippen LogP contribution in [0.1, 0.15) is 33.1 Å². The third-order valence-electron chi connectivity index (χ3n) is 5.79. The van der Waals surface area contributed by atoms with Gasteiger partial charge in [-0.25, -0.2) is 0 Å². The summed E-state index contributed by atoms with van der Waals surface area (Å²) < 4.78 is 0. The maximum absolute atomic E-state index is 12.5. The molecular weight excluding hydrogens is 276 g/mol. The number of nitrogens with zero attached hydrogens (tertiary/aromatic N) is 3. The normalized spacial score (nSPS) is 32.5. The molecule has 2 unspecified atom stereocenters. The summed E-state index contributed by atoms with van der Waals surface area (Å²) in [6.07, 6.45) is 3.65. The molecule has 0 aromatic rings. The minimum Gasteiger partial charge on any atom is -0.341 e. The van der Waals surface area contributed by atoms with E-state index in [0.717, 1.165) is 52.4 Å². The topological polar surface area (TPSA) is 38.8 Å². The molecular formula is C17H32N4O. The van der Waals surface area contributed by atoms with Crippen LogP contribution in [-0.2, 0) is 4.79 Å². The van der Waals surface area contributed by atoms with E-state index in [4.69, 9.17) is 0 Å². The highest BCUT2D eigenvalue weighted by atomic mass is 16.2. The molecule has 0 aromatic heterocycles. The smallest absolute Gasteiger partial charge is 0.239 e. The van der Waals surface area contributed by atoms with Crippen molar-refractivity contribution in [3.63, 3.8) is 0 Å². The van der Waals surface area contributed by atoms with E-state index in [1.165, 1.54) is 25.8 Å². The van der Waals surface area contributed by atoms with Crippen molar-refractivity contribution >= 4 is 5.91 Å². The molecule has 3 aliphatic heterocycles. The molecule has 0 bridgehead atoms. The van der Waals surface area contributed by atoms with Gasteiger partial charge in [0.1, 0.15) is 0 Å². The number of hydrogen-bond donors (Lipinski definition) is 1. The molecule has 3 saturated heterocycles. The van der Waals surface area contributed by atoms with E-state index in [1.807, 2.05) is 0 Å². The average Bonchev–Trinajstić information content (AvgIpc) is 3.18. The second kappa shape index (κ2) is 6.85. The van der Waals surface area contributed by atoms with Crippen LogP contribution in [0.15, 0.2) is 0 Å². The molecule has 0 radical (unpaired) electrons. The molecule has 0 spiro atoms. The van der Waals surface area contributed by atoms with Gasteiger partial charge in [0.15, 0.2) is 0 Å². The number of carbonyl (C=O) groups excluding carboxylic acids is 1. The quantitative estimate of drug-likeness (QED) is 0.826. The Morgan fingerprint density at radius 2 is 1.82 bits per heavy atom. The van der Waals surface area contributed by atoms with E-state index < -0.39 is 0 Å². The number of likely N-dealkylation sites (tertiary alicyclic amines) is 1. The Kier molecular flexibility index (Phi) is 5.05. The fourth-order valence-corrected chi connectivity index (χ4v) is 4.21. The molecule has 1 amide bonds. The Morgan fingerprint density at radius 3 is 2.41 bits per heavy atom. The average molecular weight is 308 g/mol. The highest BCUT2D eigenvalue weighted by molar-refractivity contribution is 5.81. The lowest BCUT2D eigenvalue weighted by molar-refractivity contribution is -0.136. The Hall–Kier alpha value is -0.650. The fourth-order valence-electron chi connectivity index (χ4n) is 4.21. The minimum absolute atomic E-state index is 0.0592. The summed E-state index contributed by atoms with van der Waals surface area (Å²) in [5, 5.41) is 3.49. The number of hydrogen-bond acceptors (Lipinski definition) is 4. The van der Waals surface area contributed by atoms with E-state index in [2.05, 4.69) is 33.9 Å². The number of rotatable bonds is 4. The van der Waals surface area contributed by atoms with Gasteiger partial charge in [-0.15, -0.1) is 0 Å². The molecule has 0 saturated carbocycles. The third kappa shape index (κ3) is 3.63. The van der Waals surface area contributed by atoms with E-state index in [-0.39, 0.29) is 6.04 Å². The second-order valence-electron chi connectivity index (χ2n) is 7.76. The molecule has 1 N–H and O–H groups in total. The summed E-state index contributed by atoms with van der Waals surface area (Å²) in [7, 11) is 0. The van der Waals surface area contributed by atoms with Crippen molar-refractivity contribution in [2.45, 2.75) is 39.2 Å². The molecule has 0 aliphatic carbocycles. The van der Waals surface area contributed by atoms with Gasteiger partial charge in [0.2, 0.25) is 5.91 Å². The van der Waals surface area contributed by atoms with Crippen LogP contribution in [0.3, 0.4) is 0 Å². The van der Waals surface area contributed by atoms with Crippen LogP contribution in [-0.4, -0.2) is 85.6 Å². The van der Waals surface area contributed by atoms with E-state index in [9.17, 15) is 4.79 Å². The van der Waals surface area contributed by atoms with E-state index in [1.54, 1.807) is 0 Å². The molecule has 126 valence electrons. The molecule has 3 rings (SSSR count). The van der Waals surface area contributed by atoms with Crippen LogP contribution in [0.25, 0.3) is 0 Å². The summed E-state index contributed by atoms with van der Waals surface area (Å²) in [6, 6.07) is 0.0592. The fraction of sp³-hybridized carbons (Fsp3) is 0.941. The lowest BCUT2D eigenvalue weighted by atomic mass is 9.89. The lowest BCUT2D eigenvalue weighted by Gasteiger charge is -2.41. The Morgan fingerprint density at radius 1 is 1.14 bits per heavy atom. The molecule has 2 atom stereocenters. The number of carbonyl (C=O) groups is 1. The first-order valence-corrected chi connectivity index (χ1v) is 9.03. The maximum Gasteiger partial charge on any atom is 0.239 e. The van der Waals surface area contributed by atoms with E-state index >= 15 is 0 Å². The Balaban J connectivity index is 1.45. The van der Waals surface area contributed by atoms with Gasteiger partial charge in [0.25, 0.3) is 0 Å². The molecule has 3 aliphatic rings. The van der Waals surface area contributed by atoms with Crippen molar-refractivity contribution in [2.75, 3.05) is 58.9 Å². The van der Waals surface area contributed by atoms with Crippen LogP contribution in [0.2, 0.25) is 0 Å². The van der Waals surface area contributed by atoms with Gasteiger partial charge in [-0.1, -0.05) is 6.92 Å². The summed E-state index contributed by atoms with van der Waals surface area (Å²) in [6.45, 7) is 14.2. The van der Waals surface area contributed by atoms with Gasteiger partial charge >= 0.3 is 0 Å². The van der Waals surface area contributed by atoms with Crippen LogP contribution < -0.4 is 5.32 Å². The molecule has 0 aromatic carbocycles. The van der Waals surface area contributed by atoms with Crippen molar-refractivity contribution in [1.29, 1.82) is 0 Å². The third-order valence-corrected chi connectivity index (χ3v) is 5.79. The van der Waals surface area contributed by atoms with Crippen LogP contribution in [0.4, 0.5) is 0 Å².